The molecule has 100 valence electrons. The van der Waals surface area contributed by atoms with Crippen LogP contribution in [0, 0.1) is 18.3 Å². The molecule has 0 saturated heterocycles. The maximum absolute atomic E-state index is 11.9. The first-order valence-electron chi connectivity index (χ1n) is 6.54. The minimum absolute atomic E-state index is 0.0732. The van der Waals surface area contributed by atoms with Crippen molar-refractivity contribution in [2.24, 2.45) is 0 Å². The normalized spacial score (nSPS) is 9.80. The highest BCUT2D eigenvalue weighted by atomic mass is 16.1. The van der Waals surface area contributed by atoms with Crippen LogP contribution in [-0.4, -0.2) is 5.91 Å². The fourth-order valence-electron chi connectivity index (χ4n) is 2.04. The number of aryl methyl sites for hydroxylation is 2. The first-order chi connectivity index (χ1) is 9.70. The monoisotopic (exact) mass is 264 g/mol. The minimum Gasteiger partial charge on any atom is -0.325 e. The highest BCUT2D eigenvalue weighted by Crippen LogP contribution is 2.15. The van der Waals surface area contributed by atoms with Crippen LogP contribution in [0.2, 0.25) is 0 Å². The lowest BCUT2D eigenvalue weighted by atomic mass is 10.0. The van der Waals surface area contributed by atoms with E-state index in [1.165, 1.54) is 11.1 Å². The number of hydrogen-bond acceptors (Lipinski definition) is 2. The topological polar surface area (TPSA) is 52.9 Å². The molecular formula is C17H16N2O. The third-order valence-corrected chi connectivity index (χ3v) is 3.20. The number of nitrogens with zero attached hydrogens (tertiary/aromatic N) is 1. The van der Waals surface area contributed by atoms with E-state index in [1.54, 1.807) is 24.3 Å². The molecule has 1 N–H and O–H groups in total. The van der Waals surface area contributed by atoms with Gasteiger partial charge in [0, 0.05) is 6.42 Å². The van der Waals surface area contributed by atoms with E-state index < -0.39 is 0 Å². The average Bonchev–Trinajstić information content (AvgIpc) is 2.47. The van der Waals surface area contributed by atoms with Crippen molar-refractivity contribution in [3.05, 3.63) is 65.2 Å². The minimum atomic E-state index is -0.0732. The maximum atomic E-state index is 11.9. The Morgan fingerprint density at radius 3 is 2.60 bits per heavy atom. The number of para-hydroxylation sites is 1. The second-order valence-corrected chi connectivity index (χ2v) is 4.63. The number of carbonyl (C=O) groups is 1. The number of hydrogen-bond donors (Lipinski definition) is 1. The van der Waals surface area contributed by atoms with Gasteiger partial charge < -0.3 is 5.32 Å². The molecule has 0 aliphatic heterocycles. The lowest BCUT2D eigenvalue weighted by molar-refractivity contribution is -0.116. The Morgan fingerprint density at radius 1 is 1.15 bits per heavy atom. The Balaban J connectivity index is 1.97. The number of anilines is 1. The van der Waals surface area contributed by atoms with Crippen LogP contribution >= 0.6 is 0 Å². The van der Waals surface area contributed by atoms with Gasteiger partial charge in [0.05, 0.1) is 11.3 Å². The van der Waals surface area contributed by atoms with Crippen LogP contribution in [0.3, 0.4) is 0 Å². The summed E-state index contributed by atoms with van der Waals surface area (Å²) >= 11 is 0. The number of benzene rings is 2. The molecule has 0 aliphatic rings. The Hall–Kier alpha value is -2.60. The number of nitrogens with one attached hydrogen (secondary N) is 1. The molecule has 0 fully saturated rings. The molecule has 0 spiro atoms. The zero-order valence-corrected chi connectivity index (χ0v) is 11.4. The Bertz CT molecular complexity index is 656. The van der Waals surface area contributed by atoms with Gasteiger partial charge in [-0.2, -0.15) is 5.26 Å². The van der Waals surface area contributed by atoms with E-state index >= 15 is 0 Å². The van der Waals surface area contributed by atoms with Crippen molar-refractivity contribution in [3.63, 3.8) is 0 Å². The molecule has 3 heteroatoms. The molecule has 0 radical (unpaired) electrons. The van der Waals surface area contributed by atoms with E-state index in [-0.39, 0.29) is 5.91 Å². The van der Waals surface area contributed by atoms with E-state index in [2.05, 4.69) is 11.4 Å². The van der Waals surface area contributed by atoms with Crippen molar-refractivity contribution in [3.8, 4) is 6.07 Å². The van der Waals surface area contributed by atoms with Gasteiger partial charge in [-0.05, 0) is 36.6 Å². The van der Waals surface area contributed by atoms with E-state index in [4.69, 9.17) is 5.26 Å². The largest absolute Gasteiger partial charge is 0.325 e. The quantitative estimate of drug-likeness (QED) is 0.919. The van der Waals surface area contributed by atoms with Gasteiger partial charge >= 0.3 is 0 Å². The summed E-state index contributed by atoms with van der Waals surface area (Å²) in [5.41, 5.74) is 3.43. The number of carbonyl (C=O) groups excluding carboxylic acids is 1. The van der Waals surface area contributed by atoms with Gasteiger partial charge in [0.2, 0.25) is 5.91 Å². The van der Waals surface area contributed by atoms with Crippen molar-refractivity contribution in [1.29, 1.82) is 5.26 Å². The molecule has 0 atom stereocenters. The molecule has 0 aromatic heterocycles. The van der Waals surface area contributed by atoms with Crippen LogP contribution in [0.5, 0.6) is 0 Å². The summed E-state index contributed by atoms with van der Waals surface area (Å²) < 4.78 is 0. The maximum Gasteiger partial charge on any atom is 0.224 e. The van der Waals surface area contributed by atoms with Gasteiger partial charge in [0.1, 0.15) is 6.07 Å². The zero-order chi connectivity index (χ0) is 14.4. The standard InChI is InChI=1S/C17H16N2O/c1-13-6-2-3-7-14(13)10-11-17(20)19-16-9-5-4-8-15(16)12-18/h2-9H,10-11H2,1H3,(H,19,20). The van der Waals surface area contributed by atoms with Gasteiger partial charge in [-0.3, -0.25) is 4.79 Å². The third kappa shape index (κ3) is 3.46. The Labute approximate surface area is 118 Å². The predicted octanol–water partition coefficient (Wildman–Crippen LogP) is 3.44. The van der Waals surface area contributed by atoms with Gasteiger partial charge in [0.25, 0.3) is 0 Å². The molecule has 2 rings (SSSR count). The van der Waals surface area contributed by atoms with Crippen molar-refractivity contribution < 1.29 is 4.79 Å². The van der Waals surface area contributed by atoms with Crippen molar-refractivity contribution in [2.75, 3.05) is 5.32 Å². The Kier molecular flexibility index (Phi) is 4.52. The molecule has 2 aromatic carbocycles. The molecule has 0 saturated carbocycles. The van der Waals surface area contributed by atoms with Gasteiger partial charge in [-0.25, -0.2) is 0 Å². The van der Waals surface area contributed by atoms with Crippen LogP contribution < -0.4 is 5.32 Å². The summed E-state index contributed by atoms with van der Waals surface area (Å²) in [6.07, 6.45) is 1.11. The molecule has 0 aliphatic carbocycles. The Morgan fingerprint density at radius 2 is 1.85 bits per heavy atom. The van der Waals surface area contributed by atoms with Crippen LogP contribution in [0.4, 0.5) is 5.69 Å². The van der Waals surface area contributed by atoms with E-state index in [0.29, 0.717) is 24.1 Å². The third-order valence-electron chi connectivity index (χ3n) is 3.20. The van der Waals surface area contributed by atoms with Crippen LogP contribution in [0.15, 0.2) is 48.5 Å². The van der Waals surface area contributed by atoms with E-state index in [9.17, 15) is 4.79 Å². The van der Waals surface area contributed by atoms with Gasteiger partial charge in [-0.1, -0.05) is 36.4 Å². The van der Waals surface area contributed by atoms with Gasteiger partial charge in [0.15, 0.2) is 0 Å². The molecule has 20 heavy (non-hydrogen) atoms. The number of nitriles is 1. The summed E-state index contributed by atoms with van der Waals surface area (Å²) in [6.45, 7) is 2.04. The van der Waals surface area contributed by atoms with Gasteiger partial charge in [-0.15, -0.1) is 0 Å². The first-order valence-corrected chi connectivity index (χ1v) is 6.54. The number of amides is 1. The first kappa shape index (κ1) is 13.8. The second kappa shape index (κ2) is 6.53. The molecular weight excluding hydrogens is 248 g/mol. The van der Waals surface area contributed by atoms with E-state index in [0.717, 1.165) is 0 Å². The van der Waals surface area contributed by atoms with Crippen LogP contribution in [0.1, 0.15) is 23.1 Å². The summed E-state index contributed by atoms with van der Waals surface area (Å²) in [7, 11) is 0. The smallest absolute Gasteiger partial charge is 0.224 e. The molecule has 0 unspecified atom stereocenters. The summed E-state index contributed by atoms with van der Waals surface area (Å²) in [5, 5.41) is 11.8. The molecule has 0 heterocycles. The lowest BCUT2D eigenvalue weighted by Crippen LogP contribution is -2.13. The lowest BCUT2D eigenvalue weighted by Gasteiger charge is -2.08. The average molecular weight is 264 g/mol. The van der Waals surface area contributed by atoms with Crippen molar-refractivity contribution >= 4 is 11.6 Å². The molecule has 1 amide bonds. The highest BCUT2D eigenvalue weighted by molar-refractivity contribution is 5.92. The SMILES string of the molecule is Cc1ccccc1CCC(=O)Nc1ccccc1C#N. The zero-order valence-electron chi connectivity index (χ0n) is 11.4. The van der Waals surface area contributed by atoms with Crippen molar-refractivity contribution in [2.45, 2.75) is 19.8 Å². The molecule has 0 bridgehead atoms. The summed E-state index contributed by atoms with van der Waals surface area (Å²) in [6, 6.07) is 17.1. The molecule has 2 aromatic rings. The molecule has 3 nitrogen and oxygen atoms in total. The fraction of sp³-hybridized carbons (Fsp3) is 0.176. The highest BCUT2D eigenvalue weighted by Gasteiger charge is 2.07. The second-order valence-electron chi connectivity index (χ2n) is 4.63. The summed E-state index contributed by atoms with van der Waals surface area (Å²) in [4.78, 5) is 11.9. The summed E-state index contributed by atoms with van der Waals surface area (Å²) in [5.74, 6) is -0.0732. The van der Waals surface area contributed by atoms with Crippen molar-refractivity contribution in [1.82, 2.24) is 0 Å². The number of rotatable bonds is 4. The fourth-order valence-corrected chi connectivity index (χ4v) is 2.04. The van der Waals surface area contributed by atoms with Crippen LogP contribution in [0.25, 0.3) is 0 Å². The predicted molar refractivity (Wildman–Crippen MR) is 79.3 cm³/mol. The van der Waals surface area contributed by atoms with E-state index in [1.807, 2.05) is 31.2 Å². The van der Waals surface area contributed by atoms with Crippen LogP contribution in [-0.2, 0) is 11.2 Å².